The van der Waals surface area contributed by atoms with Crippen molar-refractivity contribution in [2.24, 2.45) is 5.92 Å². The molecule has 1 aliphatic rings. The van der Waals surface area contributed by atoms with Crippen molar-refractivity contribution in [3.63, 3.8) is 0 Å². The molecule has 0 saturated carbocycles. The summed E-state index contributed by atoms with van der Waals surface area (Å²) >= 11 is 1.16. The van der Waals surface area contributed by atoms with Gasteiger partial charge in [0.15, 0.2) is 0 Å². The summed E-state index contributed by atoms with van der Waals surface area (Å²) in [5.74, 6) is -1.25. The van der Waals surface area contributed by atoms with Crippen LogP contribution in [0.3, 0.4) is 0 Å². The number of anilines is 1. The van der Waals surface area contributed by atoms with Crippen molar-refractivity contribution in [2.45, 2.75) is 13.3 Å². The Balaban J connectivity index is 2.52. The standard InChI is InChI=1S/C12H12FNO2S/c1-6-2-3-7(8(13)4-6)11-10(12(15)16)9(14)5-17-11/h2-3,5-6H,4,14H2,1H3,(H,15,16). The van der Waals surface area contributed by atoms with Crippen LogP contribution in [0.15, 0.2) is 23.4 Å². The minimum atomic E-state index is -1.12. The number of thiophene rings is 1. The topological polar surface area (TPSA) is 63.3 Å². The minimum Gasteiger partial charge on any atom is -0.478 e. The van der Waals surface area contributed by atoms with Crippen LogP contribution in [0.25, 0.3) is 5.57 Å². The van der Waals surface area contributed by atoms with Crippen LogP contribution in [-0.2, 0) is 0 Å². The van der Waals surface area contributed by atoms with Gasteiger partial charge in [-0.15, -0.1) is 11.3 Å². The van der Waals surface area contributed by atoms with Gasteiger partial charge in [0, 0.05) is 17.4 Å². The summed E-state index contributed by atoms with van der Waals surface area (Å²) in [6.07, 6.45) is 3.82. The first-order valence-corrected chi connectivity index (χ1v) is 6.06. The third kappa shape index (κ3) is 2.10. The molecule has 1 aromatic heterocycles. The number of hydrogen-bond acceptors (Lipinski definition) is 3. The number of carboxylic acid groups (broad SMARTS) is 1. The molecule has 0 aromatic carbocycles. The number of rotatable bonds is 2. The second kappa shape index (κ2) is 4.33. The first-order valence-electron chi connectivity index (χ1n) is 5.18. The van der Waals surface area contributed by atoms with Gasteiger partial charge in [-0.1, -0.05) is 19.1 Å². The monoisotopic (exact) mass is 253 g/mol. The third-order valence-corrected chi connectivity index (χ3v) is 3.69. The van der Waals surface area contributed by atoms with E-state index in [1.807, 2.05) is 13.0 Å². The van der Waals surface area contributed by atoms with E-state index in [1.165, 1.54) is 5.38 Å². The normalized spacial score (nSPS) is 19.8. The molecular weight excluding hydrogens is 241 g/mol. The summed E-state index contributed by atoms with van der Waals surface area (Å²) in [6.45, 7) is 1.91. The molecule has 90 valence electrons. The van der Waals surface area contributed by atoms with E-state index in [-0.39, 0.29) is 23.0 Å². The van der Waals surface area contributed by atoms with Crippen LogP contribution in [0.1, 0.15) is 28.6 Å². The van der Waals surface area contributed by atoms with E-state index >= 15 is 0 Å². The van der Waals surface area contributed by atoms with E-state index in [4.69, 9.17) is 10.8 Å². The lowest BCUT2D eigenvalue weighted by molar-refractivity contribution is 0.0698. The molecule has 17 heavy (non-hydrogen) atoms. The lowest BCUT2D eigenvalue weighted by Gasteiger charge is -2.14. The molecule has 0 fully saturated rings. The Morgan fingerprint density at radius 3 is 2.94 bits per heavy atom. The average molecular weight is 253 g/mol. The first-order chi connectivity index (χ1) is 8.00. The zero-order chi connectivity index (χ0) is 12.6. The van der Waals surface area contributed by atoms with E-state index in [0.29, 0.717) is 16.9 Å². The van der Waals surface area contributed by atoms with E-state index in [0.717, 1.165) is 11.3 Å². The fourth-order valence-corrected chi connectivity index (χ4v) is 2.79. The fraction of sp³-hybridized carbons (Fsp3) is 0.250. The van der Waals surface area contributed by atoms with Crippen LogP contribution < -0.4 is 5.73 Å². The highest BCUT2D eigenvalue weighted by Gasteiger charge is 2.23. The Hall–Kier alpha value is -1.62. The number of nitrogen functional groups attached to an aromatic ring is 1. The maximum absolute atomic E-state index is 13.8. The third-order valence-electron chi connectivity index (χ3n) is 2.66. The summed E-state index contributed by atoms with van der Waals surface area (Å²) < 4.78 is 13.8. The summed E-state index contributed by atoms with van der Waals surface area (Å²) in [5, 5.41) is 10.6. The van der Waals surface area contributed by atoms with Crippen molar-refractivity contribution in [1.29, 1.82) is 0 Å². The fourth-order valence-electron chi connectivity index (χ4n) is 1.80. The molecule has 1 aliphatic carbocycles. The molecule has 5 heteroatoms. The zero-order valence-electron chi connectivity index (χ0n) is 9.24. The van der Waals surface area contributed by atoms with Crippen molar-refractivity contribution in [3.05, 3.63) is 33.8 Å². The minimum absolute atomic E-state index is 0.000599. The maximum atomic E-state index is 13.8. The zero-order valence-corrected chi connectivity index (χ0v) is 10.1. The van der Waals surface area contributed by atoms with Crippen molar-refractivity contribution in [1.82, 2.24) is 0 Å². The van der Waals surface area contributed by atoms with E-state index in [1.54, 1.807) is 6.08 Å². The largest absolute Gasteiger partial charge is 0.478 e. The smallest absolute Gasteiger partial charge is 0.339 e. The summed E-state index contributed by atoms with van der Waals surface area (Å²) in [5.41, 5.74) is 6.12. The second-order valence-electron chi connectivity index (χ2n) is 4.06. The van der Waals surface area contributed by atoms with Crippen molar-refractivity contribution in [3.8, 4) is 0 Å². The Morgan fingerprint density at radius 2 is 2.35 bits per heavy atom. The van der Waals surface area contributed by atoms with Crippen molar-refractivity contribution >= 4 is 28.6 Å². The number of nitrogens with two attached hydrogens (primary N) is 1. The molecule has 1 atom stereocenters. The molecule has 0 radical (unpaired) electrons. The number of carboxylic acids is 1. The van der Waals surface area contributed by atoms with Gasteiger partial charge < -0.3 is 10.8 Å². The Labute approximate surface area is 102 Å². The predicted molar refractivity (Wildman–Crippen MR) is 66.6 cm³/mol. The van der Waals surface area contributed by atoms with Crippen LogP contribution in [0.2, 0.25) is 0 Å². The molecule has 3 N–H and O–H groups in total. The highest BCUT2D eigenvalue weighted by atomic mass is 32.1. The molecule has 1 heterocycles. The highest BCUT2D eigenvalue weighted by Crippen LogP contribution is 2.37. The summed E-state index contributed by atoms with van der Waals surface area (Å²) in [7, 11) is 0. The van der Waals surface area contributed by atoms with Crippen molar-refractivity contribution in [2.75, 3.05) is 5.73 Å². The molecule has 0 bridgehead atoms. The molecule has 1 aromatic rings. The highest BCUT2D eigenvalue weighted by molar-refractivity contribution is 7.12. The predicted octanol–water partition coefficient (Wildman–Crippen LogP) is 3.31. The lowest BCUT2D eigenvalue weighted by atomic mass is 9.95. The Bertz CT molecular complexity index is 531. The molecule has 0 amide bonds. The van der Waals surface area contributed by atoms with Gasteiger partial charge in [0.05, 0.1) is 10.6 Å². The van der Waals surface area contributed by atoms with Gasteiger partial charge in [0.25, 0.3) is 0 Å². The number of halogens is 1. The van der Waals surface area contributed by atoms with Gasteiger partial charge in [-0.3, -0.25) is 0 Å². The molecule has 0 aliphatic heterocycles. The SMILES string of the molecule is CC1C=CC(c2scc(N)c2C(=O)O)=C(F)C1. The van der Waals surface area contributed by atoms with E-state index in [2.05, 4.69) is 0 Å². The van der Waals surface area contributed by atoms with E-state index in [9.17, 15) is 9.18 Å². The molecule has 0 spiro atoms. The second-order valence-corrected chi connectivity index (χ2v) is 4.94. The summed E-state index contributed by atoms with van der Waals surface area (Å²) in [4.78, 5) is 11.5. The molecule has 3 nitrogen and oxygen atoms in total. The van der Waals surface area contributed by atoms with Gasteiger partial charge in [0.1, 0.15) is 11.4 Å². The van der Waals surface area contributed by atoms with Crippen LogP contribution in [0, 0.1) is 5.92 Å². The number of allylic oxidation sites excluding steroid dienone is 4. The number of hydrogen-bond donors (Lipinski definition) is 2. The van der Waals surface area contributed by atoms with Gasteiger partial charge in [-0.25, -0.2) is 9.18 Å². The van der Waals surface area contributed by atoms with Gasteiger partial charge in [-0.05, 0) is 5.92 Å². The van der Waals surface area contributed by atoms with Crippen LogP contribution in [-0.4, -0.2) is 11.1 Å². The van der Waals surface area contributed by atoms with Crippen molar-refractivity contribution < 1.29 is 14.3 Å². The maximum Gasteiger partial charge on any atom is 0.339 e. The van der Waals surface area contributed by atoms with Crippen LogP contribution in [0.4, 0.5) is 10.1 Å². The average Bonchev–Trinajstić information content (AvgIpc) is 2.60. The molecule has 1 unspecified atom stereocenters. The van der Waals surface area contributed by atoms with Gasteiger partial charge in [0.2, 0.25) is 0 Å². The van der Waals surface area contributed by atoms with Crippen LogP contribution in [0.5, 0.6) is 0 Å². The van der Waals surface area contributed by atoms with Gasteiger partial charge in [-0.2, -0.15) is 0 Å². The van der Waals surface area contributed by atoms with E-state index < -0.39 is 5.97 Å². The quantitative estimate of drug-likeness (QED) is 0.850. The molecule has 0 saturated heterocycles. The number of aromatic carboxylic acids is 1. The Kier molecular flexibility index (Phi) is 3.02. The lowest BCUT2D eigenvalue weighted by Crippen LogP contribution is -2.04. The first kappa shape index (κ1) is 11.9. The summed E-state index contributed by atoms with van der Waals surface area (Å²) in [6, 6.07) is 0. The molecular formula is C12H12FNO2S. The number of carbonyl (C=O) groups is 1. The van der Waals surface area contributed by atoms with Crippen LogP contribution >= 0.6 is 11.3 Å². The van der Waals surface area contributed by atoms with Gasteiger partial charge >= 0.3 is 5.97 Å². The Morgan fingerprint density at radius 1 is 1.65 bits per heavy atom. The molecule has 2 rings (SSSR count).